The summed E-state index contributed by atoms with van der Waals surface area (Å²) >= 11 is 0. The molecule has 8 nitrogen and oxygen atoms in total. The zero-order valence-corrected chi connectivity index (χ0v) is 17.7. The van der Waals surface area contributed by atoms with Gasteiger partial charge in [-0.05, 0) is 26.0 Å². The summed E-state index contributed by atoms with van der Waals surface area (Å²) in [6.45, 7) is 6.08. The summed E-state index contributed by atoms with van der Waals surface area (Å²) in [7, 11) is 1.96. The van der Waals surface area contributed by atoms with Crippen molar-refractivity contribution in [2.45, 2.75) is 25.4 Å². The largest absolute Gasteiger partial charge is 0.337 e. The van der Waals surface area contributed by atoms with Crippen molar-refractivity contribution in [3.05, 3.63) is 42.5 Å². The van der Waals surface area contributed by atoms with E-state index in [0.717, 1.165) is 31.1 Å². The Hall–Kier alpha value is -2.42. The second-order valence-electron chi connectivity index (χ2n) is 7.85. The summed E-state index contributed by atoms with van der Waals surface area (Å²) in [4.78, 5) is 34.3. The molecular weight excluding hydrogens is 392 g/mol. The number of aryl methyl sites for hydroxylation is 1. The Morgan fingerprint density at radius 1 is 1.31 bits per heavy atom. The van der Waals surface area contributed by atoms with Gasteiger partial charge in [0, 0.05) is 39.1 Å². The maximum atomic E-state index is 13.4. The van der Waals surface area contributed by atoms with Crippen molar-refractivity contribution >= 4 is 35.6 Å². The van der Waals surface area contributed by atoms with Gasteiger partial charge in [-0.15, -0.1) is 12.4 Å². The van der Waals surface area contributed by atoms with Crippen LogP contribution in [0.25, 0.3) is 0 Å². The van der Waals surface area contributed by atoms with Gasteiger partial charge in [0.2, 0.25) is 11.8 Å². The van der Waals surface area contributed by atoms with Crippen LogP contribution in [0, 0.1) is 0 Å². The van der Waals surface area contributed by atoms with Crippen LogP contribution in [0.2, 0.25) is 0 Å². The number of benzene rings is 1. The molecule has 2 aliphatic rings. The topological polar surface area (TPSA) is 82.5 Å². The van der Waals surface area contributed by atoms with Gasteiger partial charge in [-0.1, -0.05) is 12.1 Å². The second kappa shape index (κ2) is 8.14. The number of piperazine rings is 1. The van der Waals surface area contributed by atoms with Crippen molar-refractivity contribution in [1.29, 1.82) is 0 Å². The number of nitrogens with one attached hydrogen (secondary N) is 2. The van der Waals surface area contributed by atoms with Gasteiger partial charge in [-0.3, -0.25) is 19.4 Å². The number of hydrogen-bond donors (Lipinski definition) is 2. The minimum atomic E-state index is -0.960. The minimum absolute atomic E-state index is 0. The van der Waals surface area contributed by atoms with E-state index in [2.05, 4.69) is 20.5 Å². The number of imidazole rings is 1. The van der Waals surface area contributed by atoms with Gasteiger partial charge in [0.15, 0.2) is 0 Å². The molecule has 1 saturated heterocycles. The Morgan fingerprint density at radius 3 is 2.79 bits per heavy atom. The summed E-state index contributed by atoms with van der Waals surface area (Å²) < 4.78 is 1.99. The molecule has 1 fully saturated rings. The van der Waals surface area contributed by atoms with E-state index in [1.165, 1.54) is 0 Å². The molecule has 29 heavy (non-hydrogen) atoms. The second-order valence-corrected chi connectivity index (χ2v) is 7.85. The molecule has 1 aromatic heterocycles. The fourth-order valence-corrected chi connectivity index (χ4v) is 4.03. The third-order valence-corrected chi connectivity index (χ3v) is 5.61. The Balaban J connectivity index is 0.00000240. The monoisotopic (exact) mass is 418 g/mol. The first-order valence-electron chi connectivity index (χ1n) is 9.55. The van der Waals surface area contributed by atoms with Crippen LogP contribution in [0.4, 0.5) is 11.4 Å². The van der Waals surface area contributed by atoms with Crippen LogP contribution in [-0.4, -0.2) is 58.0 Å². The van der Waals surface area contributed by atoms with Crippen LogP contribution in [0.5, 0.6) is 0 Å². The first-order chi connectivity index (χ1) is 13.4. The van der Waals surface area contributed by atoms with Gasteiger partial charge >= 0.3 is 0 Å². The third-order valence-electron chi connectivity index (χ3n) is 5.61. The highest BCUT2D eigenvalue weighted by Gasteiger charge is 2.44. The van der Waals surface area contributed by atoms with E-state index in [0.29, 0.717) is 5.69 Å². The van der Waals surface area contributed by atoms with Crippen LogP contribution in [0.15, 0.2) is 36.7 Å². The van der Waals surface area contributed by atoms with Crippen molar-refractivity contribution < 1.29 is 9.59 Å². The number of amides is 2. The number of nitrogens with zero attached hydrogens (tertiary/aromatic N) is 4. The van der Waals surface area contributed by atoms with E-state index >= 15 is 0 Å². The van der Waals surface area contributed by atoms with Crippen molar-refractivity contribution in [3.8, 4) is 0 Å². The average Bonchev–Trinajstić information content (AvgIpc) is 3.08. The van der Waals surface area contributed by atoms with E-state index in [4.69, 9.17) is 0 Å². The third kappa shape index (κ3) is 3.75. The molecule has 0 aliphatic carbocycles. The molecule has 3 heterocycles. The molecule has 0 saturated carbocycles. The number of halogens is 1. The average molecular weight is 419 g/mol. The predicted octanol–water partition coefficient (Wildman–Crippen LogP) is 1.55. The number of aromatic nitrogens is 2. The van der Waals surface area contributed by atoms with E-state index in [1.807, 2.05) is 42.1 Å². The number of fused-ring (bicyclic) bond motifs is 1. The molecule has 1 unspecified atom stereocenters. The molecule has 2 N–H and O–H groups in total. The Bertz CT molecular complexity index is 912. The quantitative estimate of drug-likeness (QED) is 0.790. The Labute approximate surface area is 176 Å². The number of anilines is 2. The molecule has 2 aliphatic heterocycles. The smallest absolute Gasteiger partial charge is 0.250 e. The van der Waals surface area contributed by atoms with Crippen molar-refractivity contribution in [2.24, 2.45) is 7.05 Å². The van der Waals surface area contributed by atoms with E-state index < -0.39 is 5.54 Å². The lowest BCUT2D eigenvalue weighted by Gasteiger charge is -2.44. The molecule has 4 rings (SSSR count). The summed E-state index contributed by atoms with van der Waals surface area (Å²) in [6.07, 6.45) is 3.69. The van der Waals surface area contributed by atoms with Crippen molar-refractivity contribution in [2.75, 3.05) is 36.4 Å². The number of para-hydroxylation sites is 2. The molecule has 0 spiro atoms. The van der Waals surface area contributed by atoms with Gasteiger partial charge in [-0.2, -0.15) is 0 Å². The van der Waals surface area contributed by atoms with Gasteiger partial charge in [-0.25, -0.2) is 4.98 Å². The van der Waals surface area contributed by atoms with E-state index in [1.54, 1.807) is 24.9 Å². The van der Waals surface area contributed by atoms with Crippen LogP contribution in [0.1, 0.15) is 25.7 Å². The highest BCUT2D eigenvalue weighted by Crippen LogP contribution is 2.37. The van der Waals surface area contributed by atoms with Crippen molar-refractivity contribution in [3.63, 3.8) is 0 Å². The van der Waals surface area contributed by atoms with Gasteiger partial charge in [0.05, 0.1) is 24.0 Å². The summed E-state index contributed by atoms with van der Waals surface area (Å²) in [6, 6.07) is 7.45. The molecule has 156 valence electrons. The summed E-state index contributed by atoms with van der Waals surface area (Å²) in [5.41, 5.74) is 0.444. The highest BCUT2D eigenvalue weighted by atomic mass is 35.5. The molecule has 9 heteroatoms. The predicted molar refractivity (Wildman–Crippen MR) is 114 cm³/mol. The molecular formula is C20H27ClN6O2. The van der Waals surface area contributed by atoms with E-state index in [9.17, 15) is 9.59 Å². The zero-order valence-electron chi connectivity index (χ0n) is 16.9. The molecule has 1 atom stereocenters. The lowest BCUT2D eigenvalue weighted by Crippen LogP contribution is -2.61. The fraction of sp³-hybridized carbons (Fsp3) is 0.450. The maximum absolute atomic E-state index is 13.4. The number of hydrogen-bond acceptors (Lipinski definition) is 5. The van der Waals surface area contributed by atoms with Crippen LogP contribution in [-0.2, 0) is 16.6 Å². The fourth-order valence-electron chi connectivity index (χ4n) is 4.03. The minimum Gasteiger partial charge on any atom is -0.337 e. The van der Waals surface area contributed by atoms with Gasteiger partial charge in [0.1, 0.15) is 11.4 Å². The molecule has 0 bridgehead atoms. The molecule has 1 aromatic carbocycles. The molecule has 2 aromatic rings. The summed E-state index contributed by atoms with van der Waals surface area (Å²) in [5, 5.41) is 6.30. The maximum Gasteiger partial charge on any atom is 0.250 e. The Kier molecular flexibility index (Phi) is 5.97. The standard InChI is InChI=1S/C20H26N6O2.ClH/c1-20(2)19(28)23-14-6-4-5-7-15(14)26(20)17(27)13-25-11-8-21-12-16(25)18-22-9-10-24(18)3;/h4-7,9-10,16,21H,8,11-13H2,1-3H3,(H,23,28);1H. The normalized spacial score (nSPS) is 21.1. The van der Waals surface area contributed by atoms with Crippen LogP contribution in [0.3, 0.4) is 0 Å². The lowest BCUT2D eigenvalue weighted by molar-refractivity contribution is -0.127. The van der Waals surface area contributed by atoms with Crippen LogP contribution < -0.4 is 15.5 Å². The van der Waals surface area contributed by atoms with Gasteiger partial charge < -0.3 is 15.2 Å². The molecule has 2 amide bonds. The van der Waals surface area contributed by atoms with Gasteiger partial charge in [0.25, 0.3) is 0 Å². The zero-order chi connectivity index (χ0) is 19.9. The molecule has 0 radical (unpaired) electrons. The lowest BCUT2D eigenvalue weighted by atomic mass is 9.96. The number of carbonyl (C=O) groups excluding carboxylic acids is 2. The first-order valence-corrected chi connectivity index (χ1v) is 9.55. The van der Waals surface area contributed by atoms with Crippen LogP contribution >= 0.6 is 12.4 Å². The first kappa shape index (κ1) is 21.3. The highest BCUT2D eigenvalue weighted by molar-refractivity contribution is 6.14. The van der Waals surface area contributed by atoms with E-state index in [-0.39, 0.29) is 36.8 Å². The summed E-state index contributed by atoms with van der Waals surface area (Å²) in [5.74, 6) is 0.657. The Morgan fingerprint density at radius 2 is 2.07 bits per heavy atom. The van der Waals surface area contributed by atoms with Crippen molar-refractivity contribution in [1.82, 2.24) is 19.8 Å². The number of rotatable bonds is 3. The SMILES string of the molecule is Cl.Cn1ccnc1C1CNCCN1CC(=O)N1c2ccccc2NC(=O)C1(C)C. The number of carbonyl (C=O) groups is 2.